The lowest BCUT2D eigenvalue weighted by Crippen LogP contribution is -2.13. The van der Waals surface area contributed by atoms with Crippen LogP contribution in [0.25, 0.3) is 11.0 Å². The molecule has 3 aromatic rings. The smallest absolute Gasteiger partial charge is 0.257 e. The van der Waals surface area contributed by atoms with Crippen LogP contribution in [0.15, 0.2) is 48.5 Å². The molecule has 0 atom stereocenters. The second-order valence-electron chi connectivity index (χ2n) is 4.79. The number of amides is 1. The minimum Gasteiger partial charge on any atom is -0.330 e. The molecule has 0 spiro atoms. The molecule has 0 saturated carbocycles. The van der Waals surface area contributed by atoms with Gasteiger partial charge < -0.3 is 10.7 Å². The highest BCUT2D eigenvalue weighted by atomic mass is 16.1. The Morgan fingerprint density at radius 3 is 2.62 bits per heavy atom. The normalized spacial score (nSPS) is 10.7. The van der Waals surface area contributed by atoms with E-state index < -0.39 is 0 Å². The number of nitrogens with zero attached hydrogens (tertiary/aromatic N) is 1. The summed E-state index contributed by atoms with van der Waals surface area (Å²) in [6, 6.07) is 15.1. The lowest BCUT2D eigenvalue weighted by molar-refractivity contribution is 0.102. The molecule has 5 nitrogen and oxygen atoms in total. The predicted octanol–water partition coefficient (Wildman–Crippen LogP) is 2.32. The van der Waals surface area contributed by atoms with Crippen molar-refractivity contribution in [3.63, 3.8) is 0 Å². The molecule has 1 aromatic heterocycles. The number of nitrogens with two attached hydrogens (primary N) is 1. The van der Waals surface area contributed by atoms with Crippen LogP contribution in [0.2, 0.25) is 0 Å². The zero-order valence-corrected chi connectivity index (χ0v) is 11.5. The maximum Gasteiger partial charge on any atom is 0.257 e. The zero-order chi connectivity index (χ0) is 14.7. The van der Waals surface area contributed by atoms with Gasteiger partial charge in [-0.15, -0.1) is 0 Å². The summed E-state index contributed by atoms with van der Waals surface area (Å²) in [6.07, 6.45) is 0.811. The van der Waals surface area contributed by atoms with Gasteiger partial charge in [0.1, 0.15) is 0 Å². The van der Waals surface area contributed by atoms with E-state index in [0.717, 1.165) is 23.0 Å². The molecular formula is C16H16N4O. The molecular weight excluding hydrogens is 264 g/mol. The first-order valence-corrected chi connectivity index (χ1v) is 6.81. The van der Waals surface area contributed by atoms with Crippen molar-refractivity contribution < 1.29 is 4.79 Å². The van der Waals surface area contributed by atoms with Crippen LogP contribution in [0.3, 0.4) is 0 Å². The number of nitrogens with one attached hydrogen (secondary N) is 2. The minimum absolute atomic E-state index is 0.187. The standard InChI is InChI=1S/C16H16N4O/c17-10-9-11-5-7-12(8-6-11)15(21)20-16-18-13-3-1-2-4-14(13)19-16/h1-8H,9-10,17H2,(H2,18,19,20,21). The molecule has 1 amide bonds. The Labute approximate surface area is 122 Å². The highest BCUT2D eigenvalue weighted by Gasteiger charge is 2.09. The van der Waals surface area contributed by atoms with Crippen LogP contribution in [-0.4, -0.2) is 22.4 Å². The van der Waals surface area contributed by atoms with Crippen LogP contribution in [0.5, 0.6) is 0 Å². The first kappa shape index (κ1) is 13.3. The van der Waals surface area contributed by atoms with Crippen molar-refractivity contribution in [2.24, 2.45) is 5.73 Å². The summed E-state index contributed by atoms with van der Waals surface area (Å²) in [5.41, 5.74) is 8.94. The third kappa shape index (κ3) is 2.93. The lowest BCUT2D eigenvalue weighted by Gasteiger charge is -2.03. The fraction of sp³-hybridized carbons (Fsp3) is 0.125. The van der Waals surface area contributed by atoms with E-state index in [1.807, 2.05) is 36.4 Å². The van der Waals surface area contributed by atoms with Crippen LogP contribution in [0.4, 0.5) is 5.95 Å². The molecule has 0 bridgehead atoms. The number of benzene rings is 2. The average molecular weight is 280 g/mol. The lowest BCUT2D eigenvalue weighted by atomic mass is 10.1. The number of anilines is 1. The second kappa shape index (κ2) is 5.76. The summed E-state index contributed by atoms with van der Waals surface area (Å²) in [7, 11) is 0. The molecule has 0 aliphatic heterocycles. The van der Waals surface area contributed by atoms with Crippen LogP contribution in [0.1, 0.15) is 15.9 Å². The van der Waals surface area contributed by atoms with E-state index >= 15 is 0 Å². The number of rotatable bonds is 4. The Morgan fingerprint density at radius 1 is 1.14 bits per heavy atom. The Kier molecular flexibility index (Phi) is 3.66. The predicted molar refractivity (Wildman–Crippen MR) is 83.2 cm³/mol. The molecule has 0 fully saturated rings. The van der Waals surface area contributed by atoms with E-state index in [2.05, 4.69) is 15.3 Å². The number of carbonyl (C=O) groups is 1. The molecule has 2 aromatic carbocycles. The van der Waals surface area contributed by atoms with E-state index in [9.17, 15) is 4.79 Å². The monoisotopic (exact) mass is 280 g/mol. The molecule has 0 saturated heterocycles. The SMILES string of the molecule is NCCc1ccc(C(=O)Nc2nc3ccccc3[nH]2)cc1. The Bertz CT molecular complexity index is 728. The average Bonchev–Trinajstić information content (AvgIpc) is 2.90. The zero-order valence-electron chi connectivity index (χ0n) is 11.5. The van der Waals surface area contributed by atoms with Gasteiger partial charge >= 0.3 is 0 Å². The number of fused-ring (bicyclic) bond motifs is 1. The molecule has 0 unspecified atom stereocenters. The maximum atomic E-state index is 12.2. The molecule has 5 heteroatoms. The van der Waals surface area contributed by atoms with Gasteiger partial charge in [0.2, 0.25) is 5.95 Å². The van der Waals surface area contributed by atoms with Crippen molar-refractivity contribution >= 4 is 22.9 Å². The van der Waals surface area contributed by atoms with Crippen molar-refractivity contribution in [3.05, 3.63) is 59.7 Å². The molecule has 3 rings (SSSR count). The van der Waals surface area contributed by atoms with E-state index in [4.69, 9.17) is 5.73 Å². The van der Waals surface area contributed by atoms with Gasteiger partial charge in [-0.05, 0) is 42.8 Å². The van der Waals surface area contributed by atoms with Crippen LogP contribution >= 0.6 is 0 Å². The molecule has 0 radical (unpaired) electrons. The molecule has 21 heavy (non-hydrogen) atoms. The summed E-state index contributed by atoms with van der Waals surface area (Å²) in [5, 5.41) is 2.77. The van der Waals surface area contributed by atoms with Crippen LogP contribution < -0.4 is 11.1 Å². The first-order valence-electron chi connectivity index (χ1n) is 6.81. The maximum absolute atomic E-state index is 12.2. The molecule has 0 aliphatic carbocycles. The number of aromatic amines is 1. The summed E-state index contributed by atoms with van der Waals surface area (Å²) in [6.45, 7) is 0.602. The fourth-order valence-electron chi connectivity index (χ4n) is 2.18. The Balaban J connectivity index is 1.76. The van der Waals surface area contributed by atoms with E-state index in [1.54, 1.807) is 12.1 Å². The molecule has 4 N–H and O–H groups in total. The third-order valence-corrected chi connectivity index (χ3v) is 3.27. The number of H-pyrrole nitrogens is 1. The number of hydrogen-bond acceptors (Lipinski definition) is 3. The molecule has 1 heterocycles. The number of imidazole rings is 1. The van der Waals surface area contributed by atoms with Gasteiger partial charge in [-0.1, -0.05) is 24.3 Å². The quantitative estimate of drug-likeness (QED) is 0.685. The first-order chi connectivity index (χ1) is 10.3. The topological polar surface area (TPSA) is 83.8 Å². The molecule has 106 valence electrons. The summed E-state index contributed by atoms with van der Waals surface area (Å²) in [5.74, 6) is 0.264. The van der Waals surface area contributed by atoms with E-state index in [-0.39, 0.29) is 5.91 Å². The summed E-state index contributed by atoms with van der Waals surface area (Å²) < 4.78 is 0. The number of carbonyl (C=O) groups excluding carboxylic acids is 1. The molecule has 0 aliphatic rings. The summed E-state index contributed by atoms with van der Waals surface area (Å²) in [4.78, 5) is 19.6. The van der Waals surface area contributed by atoms with Crippen molar-refractivity contribution in [3.8, 4) is 0 Å². The number of para-hydroxylation sites is 2. The highest BCUT2D eigenvalue weighted by Crippen LogP contribution is 2.14. The fourth-order valence-corrected chi connectivity index (χ4v) is 2.18. The van der Waals surface area contributed by atoms with Crippen LogP contribution in [0, 0.1) is 0 Å². The van der Waals surface area contributed by atoms with Gasteiger partial charge in [-0.25, -0.2) is 4.98 Å². The number of hydrogen-bond donors (Lipinski definition) is 3. The van der Waals surface area contributed by atoms with E-state index in [0.29, 0.717) is 18.1 Å². The summed E-state index contributed by atoms with van der Waals surface area (Å²) >= 11 is 0. The van der Waals surface area contributed by atoms with Crippen molar-refractivity contribution in [2.75, 3.05) is 11.9 Å². The minimum atomic E-state index is -0.187. The van der Waals surface area contributed by atoms with Gasteiger partial charge in [0, 0.05) is 5.56 Å². The van der Waals surface area contributed by atoms with Gasteiger partial charge in [0.05, 0.1) is 11.0 Å². The Hall–Kier alpha value is -2.66. The third-order valence-electron chi connectivity index (χ3n) is 3.27. The van der Waals surface area contributed by atoms with Crippen molar-refractivity contribution in [1.29, 1.82) is 0 Å². The van der Waals surface area contributed by atoms with Crippen molar-refractivity contribution in [2.45, 2.75) is 6.42 Å². The van der Waals surface area contributed by atoms with Gasteiger partial charge in [0.25, 0.3) is 5.91 Å². The highest BCUT2D eigenvalue weighted by molar-refractivity contribution is 6.03. The van der Waals surface area contributed by atoms with Gasteiger partial charge in [0.15, 0.2) is 0 Å². The van der Waals surface area contributed by atoms with Gasteiger partial charge in [-0.3, -0.25) is 10.1 Å². The Morgan fingerprint density at radius 2 is 1.90 bits per heavy atom. The van der Waals surface area contributed by atoms with Gasteiger partial charge in [-0.2, -0.15) is 0 Å². The van der Waals surface area contributed by atoms with Crippen molar-refractivity contribution in [1.82, 2.24) is 9.97 Å². The van der Waals surface area contributed by atoms with Crippen LogP contribution in [-0.2, 0) is 6.42 Å². The van der Waals surface area contributed by atoms with E-state index in [1.165, 1.54) is 0 Å². The largest absolute Gasteiger partial charge is 0.330 e. The number of aromatic nitrogens is 2. The second-order valence-corrected chi connectivity index (χ2v) is 4.79.